The second-order valence-corrected chi connectivity index (χ2v) is 7.18. The number of aromatic nitrogens is 4. The number of hydrogen-bond donors (Lipinski definition) is 1. The number of aryl methyl sites for hydroxylation is 2. The standard InChI is InChI=1S/C20H22N6O3/c1-12(2)15-5-7-16(8-6-15)20-22-24-25(23-20)11-19(27)21-17-9-13(3)14(4)10-18(17)26(28)29/h5-10,12H,11H2,1-4H3,(H,21,27). The van der Waals surface area contributed by atoms with E-state index in [4.69, 9.17) is 0 Å². The minimum atomic E-state index is -0.519. The van der Waals surface area contributed by atoms with E-state index in [2.05, 4.69) is 34.6 Å². The van der Waals surface area contributed by atoms with Crippen LogP contribution in [0.25, 0.3) is 11.4 Å². The normalized spacial score (nSPS) is 10.9. The first-order valence-corrected chi connectivity index (χ1v) is 9.18. The van der Waals surface area contributed by atoms with Gasteiger partial charge >= 0.3 is 0 Å². The van der Waals surface area contributed by atoms with Gasteiger partial charge in [0, 0.05) is 11.6 Å². The maximum Gasteiger partial charge on any atom is 0.293 e. The Morgan fingerprint density at radius 2 is 1.83 bits per heavy atom. The van der Waals surface area contributed by atoms with Gasteiger partial charge in [-0.05, 0) is 47.7 Å². The molecule has 29 heavy (non-hydrogen) atoms. The van der Waals surface area contributed by atoms with Gasteiger partial charge in [-0.3, -0.25) is 14.9 Å². The quantitative estimate of drug-likeness (QED) is 0.504. The van der Waals surface area contributed by atoms with Crippen LogP contribution >= 0.6 is 0 Å². The molecule has 3 rings (SSSR count). The van der Waals surface area contributed by atoms with Crippen molar-refractivity contribution < 1.29 is 9.72 Å². The predicted octanol–water partition coefficient (Wildman–Crippen LogP) is 3.63. The average molecular weight is 394 g/mol. The molecule has 150 valence electrons. The van der Waals surface area contributed by atoms with Crippen LogP contribution in [0.2, 0.25) is 0 Å². The number of carbonyl (C=O) groups excluding carboxylic acids is 1. The summed E-state index contributed by atoms with van der Waals surface area (Å²) >= 11 is 0. The second kappa shape index (κ2) is 8.17. The molecule has 0 spiro atoms. The Labute approximate surface area is 167 Å². The van der Waals surface area contributed by atoms with E-state index in [-0.39, 0.29) is 17.9 Å². The van der Waals surface area contributed by atoms with E-state index >= 15 is 0 Å². The SMILES string of the molecule is Cc1cc(NC(=O)Cn2nnc(-c3ccc(C(C)C)cc3)n2)c([N+](=O)[O-])cc1C. The fourth-order valence-electron chi connectivity index (χ4n) is 2.81. The molecule has 0 aliphatic rings. The van der Waals surface area contributed by atoms with Crippen molar-refractivity contribution >= 4 is 17.3 Å². The van der Waals surface area contributed by atoms with Gasteiger partial charge in [0.05, 0.1) is 4.92 Å². The molecule has 9 heteroatoms. The summed E-state index contributed by atoms with van der Waals surface area (Å²) in [6.07, 6.45) is 0. The number of nitrogens with one attached hydrogen (secondary N) is 1. The van der Waals surface area contributed by atoms with E-state index in [9.17, 15) is 14.9 Å². The van der Waals surface area contributed by atoms with Crippen LogP contribution in [-0.2, 0) is 11.3 Å². The van der Waals surface area contributed by atoms with Crippen molar-refractivity contribution in [1.82, 2.24) is 20.2 Å². The van der Waals surface area contributed by atoms with Gasteiger partial charge in [0.1, 0.15) is 12.2 Å². The first kappa shape index (κ1) is 20.1. The van der Waals surface area contributed by atoms with Gasteiger partial charge in [-0.25, -0.2) is 0 Å². The Balaban J connectivity index is 1.73. The molecule has 1 amide bonds. The molecular weight excluding hydrogens is 372 g/mol. The van der Waals surface area contributed by atoms with Gasteiger partial charge in [-0.1, -0.05) is 38.1 Å². The number of carbonyl (C=O) groups is 1. The number of tetrazole rings is 1. The molecule has 1 aromatic heterocycles. The predicted molar refractivity (Wildman–Crippen MR) is 109 cm³/mol. The van der Waals surface area contributed by atoms with E-state index in [1.54, 1.807) is 13.0 Å². The largest absolute Gasteiger partial charge is 0.319 e. The van der Waals surface area contributed by atoms with Crippen molar-refractivity contribution in [1.29, 1.82) is 0 Å². The fraction of sp³-hybridized carbons (Fsp3) is 0.300. The highest BCUT2D eigenvalue weighted by atomic mass is 16.6. The molecule has 0 radical (unpaired) electrons. The lowest BCUT2D eigenvalue weighted by atomic mass is 10.0. The summed E-state index contributed by atoms with van der Waals surface area (Å²) in [7, 11) is 0. The number of nitro benzene ring substituents is 1. The summed E-state index contributed by atoms with van der Waals surface area (Å²) in [5.74, 6) is 0.353. The summed E-state index contributed by atoms with van der Waals surface area (Å²) in [6.45, 7) is 7.62. The summed E-state index contributed by atoms with van der Waals surface area (Å²) in [5.41, 5.74) is 3.62. The van der Waals surface area contributed by atoms with Crippen LogP contribution in [0.4, 0.5) is 11.4 Å². The van der Waals surface area contributed by atoms with E-state index < -0.39 is 10.8 Å². The fourth-order valence-corrected chi connectivity index (χ4v) is 2.81. The van der Waals surface area contributed by atoms with Gasteiger partial charge in [0.25, 0.3) is 5.69 Å². The third kappa shape index (κ3) is 4.63. The summed E-state index contributed by atoms with van der Waals surface area (Å²) in [4.78, 5) is 24.3. The zero-order valence-corrected chi connectivity index (χ0v) is 16.7. The van der Waals surface area contributed by atoms with Crippen molar-refractivity contribution in [2.75, 3.05) is 5.32 Å². The van der Waals surface area contributed by atoms with E-state index in [1.807, 2.05) is 31.2 Å². The highest BCUT2D eigenvalue weighted by Gasteiger charge is 2.18. The lowest BCUT2D eigenvalue weighted by Crippen LogP contribution is -2.21. The maximum atomic E-state index is 12.4. The Morgan fingerprint density at radius 3 is 2.45 bits per heavy atom. The van der Waals surface area contributed by atoms with E-state index in [1.165, 1.54) is 11.6 Å². The smallest absolute Gasteiger partial charge is 0.293 e. The Morgan fingerprint density at radius 1 is 1.17 bits per heavy atom. The molecule has 0 aliphatic carbocycles. The zero-order valence-electron chi connectivity index (χ0n) is 16.7. The minimum absolute atomic E-state index is 0.146. The molecule has 2 aromatic carbocycles. The number of hydrogen-bond acceptors (Lipinski definition) is 6. The number of anilines is 1. The zero-order chi connectivity index (χ0) is 21.1. The van der Waals surface area contributed by atoms with Crippen molar-refractivity contribution in [3.8, 4) is 11.4 Å². The topological polar surface area (TPSA) is 116 Å². The minimum Gasteiger partial charge on any atom is -0.319 e. The molecule has 1 heterocycles. The Bertz CT molecular complexity index is 1060. The van der Waals surface area contributed by atoms with Gasteiger partial charge in [0.15, 0.2) is 0 Å². The van der Waals surface area contributed by atoms with Crippen LogP contribution in [0.1, 0.15) is 36.5 Å². The molecule has 1 N–H and O–H groups in total. The Kier molecular flexibility index (Phi) is 5.67. The molecular formula is C20H22N6O3. The maximum absolute atomic E-state index is 12.4. The van der Waals surface area contributed by atoms with Crippen molar-refractivity contribution in [2.24, 2.45) is 0 Å². The summed E-state index contributed by atoms with van der Waals surface area (Å²) < 4.78 is 0. The highest BCUT2D eigenvalue weighted by Crippen LogP contribution is 2.28. The number of nitrogens with zero attached hydrogens (tertiary/aromatic N) is 5. The number of amides is 1. The molecule has 0 saturated carbocycles. The number of benzene rings is 2. The van der Waals surface area contributed by atoms with Crippen LogP contribution in [0.5, 0.6) is 0 Å². The third-order valence-electron chi connectivity index (χ3n) is 4.66. The van der Waals surface area contributed by atoms with Crippen molar-refractivity contribution in [3.63, 3.8) is 0 Å². The molecule has 0 aliphatic heterocycles. The first-order valence-electron chi connectivity index (χ1n) is 9.18. The molecule has 0 bridgehead atoms. The summed E-state index contributed by atoms with van der Waals surface area (Å²) in [6, 6.07) is 10.9. The highest BCUT2D eigenvalue weighted by molar-refractivity contribution is 5.93. The third-order valence-corrected chi connectivity index (χ3v) is 4.66. The monoisotopic (exact) mass is 394 g/mol. The molecule has 0 fully saturated rings. The van der Waals surface area contributed by atoms with Crippen LogP contribution in [0.15, 0.2) is 36.4 Å². The number of rotatable bonds is 6. The van der Waals surface area contributed by atoms with E-state index in [0.29, 0.717) is 11.7 Å². The molecule has 0 saturated heterocycles. The van der Waals surface area contributed by atoms with Gasteiger partial charge < -0.3 is 5.32 Å². The molecule has 3 aromatic rings. The lowest BCUT2D eigenvalue weighted by molar-refractivity contribution is -0.384. The molecule has 0 unspecified atom stereocenters. The Hall–Kier alpha value is -3.62. The van der Waals surface area contributed by atoms with Gasteiger partial charge in [-0.2, -0.15) is 4.80 Å². The van der Waals surface area contributed by atoms with Crippen LogP contribution in [0.3, 0.4) is 0 Å². The molecule has 9 nitrogen and oxygen atoms in total. The van der Waals surface area contributed by atoms with Crippen LogP contribution in [0, 0.1) is 24.0 Å². The van der Waals surface area contributed by atoms with Gasteiger partial charge in [-0.15, -0.1) is 10.2 Å². The average Bonchev–Trinajstić information content (AvgIpc) is 3.12. The van der Waals surface area contributed by atoms with Crippen molar-refractivity contribution in [3.05, 3.63) is 63.2 Å². The second-order valence-electron chi connectivity index (χ2n) is 7.18. The summed E-state index contributed by atoms with van der Waals surface area (Å²) in [5, 5.41) is 25.9. The number of nitro groups is 1. The molecule has 0 atom stereocenters. The van der Waals surface area contributed by atoms with Crippen LogP contribution in [-0.4, -0.2) is 31.0 Å². The van der Waals surface area contributed by atoms with Crippen molar-refractivity contribution in [2.45, 2.75) is 40.2 Å². The van der Waals surface area contributed by atoms with Crippen LogP contribution < -0.4 is 5.32 Å². The lowest BCUT2D eigenvalue weighted by Gasteiger charge is -2.08. The van der Waals surface area contributed by atoms with E-state index in [0.717, 1.165) is 21.5 Å². The first-order chi connectivity index (χ1) is 13.7. The van der Waals surface area contributed by atoms with Gasteiger partial charge in [0.2, 0.25) is 11.7 Å².